The number of nitrogens with one attached hydrogen (secondary N) is 1. The minimum absolute atomic E-state index is 0.866. The summed E-state index contributed by atoms with van der Waals surface area (Å²) in [7, 11) is 1.92. The van der Waals surface area contributed by atoms with Crippen LogP contribution in [0.15, 0.2) is 47.2 Å². The Labute approximate surface area is 120 Å². The van der Waals surface area contributed by atoms with E-state index in [0.29, 0.717) is 0 Å². The van der Waals surface area contributed by atoms with Gasteiger partial charge in [0.25, 0.3) is 0 Å². The number of hydrogen-bond donors (Lipinski definition) is 1. The van der Waals surface area contributed by atoms with Crippen LogP contribution in [0.3, 0.4) is 0 Å². The van der Waals surface area contributed by atoms with Gasteiger partial charge in [-0.15, -0.1) is 0 Å². The molecule has 3 rings (SSSR count). The number of hydrogen-bond acceptors (Lipinski definition) is 2. The molecule has 19 heavy (non-hydrogen) atoms. The third-order valence-corrected chi connectivity index (χ3v) is 3.77. The lowest BCUT2D eigenvalue weighted by molar-refractivity contribution is 1.16. The van der Waals surface area contributed by atoms with Crippen LogP contribution in [0, 0.1) is 6.92 Å². The normalized spacial score (nSPS) is 10.9. The summed E-state index contributed by atoms with van der Waals surface area (Å²) in [6.45, 7) is 2.09. The lowest BCUT2D eigenvalue weighted by Crippen LogP contribution is -1.93. The predicted molar refractivity (Wildman–Crippen MR) is 82.6 cm³/mol. The first-order valence-corrected chi connectivity index (χ1v) is 6.91. The van der Waals surface area contributed by atoms with Crippen LogP contribution in [0.2, 0.25) is 0 Å². The number of pyridine rings is 1. The van der Waals surface area contributed by atoms with Crippen molar-refractivity contribution < 1.29 is 0 Å². The van der Waals surface area contributed by atoms with Gasteiger partial charge in [0.1, 0.15) is 10.4 Å². The van der Waals surface area contributed by atoms with Crippen LogP contribution >= 0.6 is 15.9 Å². The summed E-state index contributed by atoms with van der Waals surface area (Å²) < 4.78 is 2.96. The number of imidazole rings is 1. The van der Waals surface area contributed by atoms with E-state index in [1.807, 2.05) is 13.1 Å². The van der Waals surface area contributed by atoms with Gasteiger partial charge in [-0.05, 0) is 35.0 Å². The zero-order chi connectivity index (χ0) is 13.4. The molecule has 0 aliphatic carbocycles. The summed E-state index contributed by atoms with van der Waals surface area (Å²) in [5.41, 5.74) is 4.49. The van der Waals surface area contributed by atoms with Crippen molar-refractivity contribution in [2.24, 2.45) is 0 Å². The summed E-state index contributed by atoms with van der Waals surface area (Å²) in [5.74, 6) is 0.943. The highest BCUT2D eigenvalue weighted by Crippen LogP contribution is 2.27. The highest BCUT2D eigenvalue weighted by Gasteiger charge is 2.11. The maximum atomic E-state index is 4.62. The second kappa shape index (κ2) is 4.70. The van der Waals surface area contributed by atoms with Crippen molar-refractivity contribution >= 4 is 27.1 Å². The van der Waals surface area contributed by atoms with Gasteiger partial charge in [0.2, 0.25) is 0 Å². The monoisotopic (exact) mass is 315 g/mol. The molecule has 0 aliphatic rings. The van der Waals surface area contributed by atoms with Crippen molar-refractivity contribution in [1.82, 2.24) is 9.38 Å². The third-order valence-electron chi connectivity index (χ3n) is 3.19. The fourth-order valence-electron chi connectivity index (χ4n) is 2.10. The average molecular weight is 316 g/mol. The third kappa shape index (κ3) is 2.12. The maximum Gasteiger partial charge on any atom is 0.145 e. The second-order valence-electron chi connectivity index (χ2n) is 4.52. The standard InChI is InChI=1S/C15H14BrN3/c1-10-3-5-11(6-4-10)15-18-14(16)13-8-7-12(17-2)9-19(13)15/h3-9,17H,1-2H3. The Morgan fingerprint density at radius 2 is 1.84 bits per heavy atom. The lowest BCUT2D eigenvalue weighted by Gasteiger charge is -2.05. The number of aromatic nitrogens is 2. The molecule has 2 aromatic heterocycles. The van der Waals surface area contributed by atoms with Gasteiger partial charge in [-0.25, -0.2) is 4.98 Å². The Balaban J connectivity index is 2.25. The van der Waals surface area contributed by atoms with Gasteiger partial charge in [0.05, 0.1) is 11.2 Å². The highest BCUT2D eigenvalue weighted by atomic mass is 79.9. The van der Waals surface area contributed by atoms with Crippen LogP contribution in [0.1, 0.15) is 5.56 Å². The average Bonchev–Trinajstić information content (AvgIpc) is 2.76. The first kappa shape index (κ1) is 12.2. The maximum absolute atomic E-state index is 4.62. The van der Waals surface area contributed by atoms with E-state index < -0.39 is 0 Å². The van der Waals surface area contributed by atoms with E-state index in [1.165, 1.54) is 5.56 Å². The molecule has 3 aromatic rings. The Hall–Kier alpha value is -1.81. The molecule has 0 saturated heterocycles. The van der Waals surface area contributed by atoms with E-state index in [1.54, 1.807) is 0 Å². The Kier molecular flexibility index (Phi) is 3.03. The molecule has 3 nitrogen and oxygen atoms in total. The summed E-state index contributed by atoms with van der Waals surface area (Å²) in [5, 5.41) is 3.15. The Morgan fingerprint density at radius 3 is 2.53 bits per heavy atom. The lowest BCUT2D eigenvalue weighted by atomic mass is 10.1. The minimum atomic E-state index is 0.866. The van der Waals surface area contributed by atoms with Crippen molar-refractivity contribution in [3.8, 4) is 11.4 Å². The summed E-state index contributed by atoms with van der Waals surface area (Å²) in [6, 6.07) is 12.5. The molecule has 0 bridgehead atoms. The summed E-state index contributed by atoms with van der Waals surface area (Å²) in [6.07, 6.45) is 2.06. The molecule has 0 unspecified atom stereocenters. The number of benzene rings is 1. The molecular formula is C15H14BrN3. The molecule has 0 atom stereocenters. The number of aryl methyl sites for hydroxylation is 1. The number of nitrogens with zero attached hydrogens (tertiary/aromatic N) is 2. The van der Waals surface area contributed by atoms with Crippen molar-refractivity contribution in [3.05, 3.63) is 52.8 Å². The second-order valence-corrected chi connectivity index (χ2v) is 5.27. The molecule has 0 fully saturated rings. The number of halogens is 1. The summed E-state index contributed by atoms with van der Waals surface area (Å²) >= 11 is 3.52. The van der Waals surface area contributed by atoms with Gasteiger partial charge in [-0.3, -0.25) is 4.40 Å². The fraction of sp³-hybridized carbons (Fsp3) is 0.133. The minimum Gasteiger partial charge on any atom is -0.387 e. The van der Waals surface area contributed by atoms with E-state index >= 15 is 0 Å². The fourth-order valence-corrected chi connectivity index (χ4v) is 2.59. The molecule has 0 aliphatic heterocycles. The molecule has 0 saturated carbocycles. The van der Waals surface area contributed by atoms with E-state index in [4.69, 9.17) is 0 Å². The molecule has 1 N–H and O–H groups in total. The molecule has 96 valence electrons. The van der Waals surface area contributed by atoms with Gasteiger partial charge in [0, 0.05) is 18.8 Å². The number of rotatable bonds is 2. The van der Waals surface area contributed by atoms with E-state index in [-0.39, 0.29) is 0 Å². The first-order valence-electron chi connectivity index (χ1n) is 6.11. The summed E-state index contributed by atoms with van der Waals surface area (Å²) in [4.78, 5) is 4.62. The van der Waals surface area contributed by atoms with Crippen LogP contribution in [-0.2, 0) is 0 Å². The number of anilines is 1. The first-order chi connectivity index (χ1) is 9.19. The topological polar surface area (TPSA) is 29.3 Å². The molecular weight excluding hydrogens is 302 g/mol. The van der Waals surface area contributed by atoms with Crippen LogP contribution in [0.25, 0.3) is 16.9 Å². The van der Waals surface area contributed by atoms with Crippen molar-refractivity contribution in [2.45, 2.75) is 6.92 Å². The highest BCUT2D eigenvalue weighted by molar-refractivity contribution is 9.10. The SMILES string of the molecule is CNc1ccc2c(Br)nc(-c3ccc(C)cc3)n2c1. The van der Waals surface area contributed by atoms with E-state index in [0.717, 1.165) is 27.2 Å². The van der Waals surface area contributed by atoms with Crippen molar-refractivity contribution in [1.29, 1.82) is 0 Å². The Morgan fingerprint density at radius 1 is 1.11 bits per heavy atom. The van der Waals surface area contributed by atoms with Gasteiger partial charge >= 0.3 is 0 Å². The molecule has 0 radical (unpaired) electrons. The van der Waals surface area contributed by atoms with Crippen molar-refractivity contribution in [2.75, 3.05) is 12.4 Å². The molecule has 2 heterocycles. The molecule has 0 amide bonds. The zero-order valence-electron chi connectivity index (χ0n) is 10.8. The Bertz CT molecular complexity index is 729. The predicted octanol–water partition coefficient (Wildman–Crippen LogP) is 4.11. The quantitative estimate of drug-likeness (QED) is 0.771. The van der Waals surface area contributed by atoms with Gasteiger partial charge in [-0.1, -0.05) is 29.8 Å². The van der Waals surface area contributed by atoms with Crippen LogP contribution < -0.4 is 5.32 Å². The smallest absolute Gasteiger partial charge is 0.145 e. The van der Waals surface area contributed by atoms with Gasteiger partial charge in [-0.2, -0.15) is 0 Å². The van der Waals surface area contributed by atoms with E-state index in [2.05, 4.69) is 74.1 Å². The zero-order valence-corrected chi connectivity index (χ0v) is 12.4. The molecule has 1 aromatic carbocycles. The number of fused-ring (bicyclic) bond motifs is 1. The molecule has 4 heteroatoms. The van der Waals surface area contributed by atoms with Crippen LogP contribution in [0.4, 0.5) is 5.69 Å². The molecule has 0 spiro atoms. The van der Waals surface area contributed by atoms with E-state index in [9.17, 15) is 0 Å². The largest absolute Gasteiger partial charge is 0.387 e. The van der Waals surface area contributed by atoms with Crippen LogP contribution in [0.5, 0.6) is 0 Å². The van der Waals surface area contributed by atoms with Gasteiger partial charge < -0.3 is 5.32 Å². The van der Waals surface area contributed by atoms with Gasteiger partial charge in [0.15, 0.2) is 0 Å². The van der Waals surface area contributed by atoms with Crippen molar-refractivity contribution in [3.63, 3.8) is 0 Å². The van der Waals surface area contributed by atoms with Crippen LogP contribution in [-0.4, -0.2) is 16.4 Å².